The molecule has 1 aliphatic rings. The van der Waals surface area contributed by atoms with Gasteiger partial charge in [-0.2, -0.15) is 0 Å². The van der Waals surface area contributed by atoms with Gasteiger partial charge in [-0.1, -0.05) is 11.8 Å². The van der Waals surface area contributed by atoms with Crippen molar-refractivity contribution in [3.63, 3.8) is 0 Å². The second-order valence-electron chi connectivity index (χ2n) is 5.73. The van der Waals surface area contributed by atoms with Crippen molar-refractivity contribution in [1.29, 1.82) is 0 Å². The molecule has 3 rings (SSSR count). The second kappa shape index (κ2) is 5.89. The van der Waals surface area contributed by atoms with E-state index in [9.17, 15) is 14.4 Å². The van der Waals surface area contributed by atoms with Gasteiger partial charge in [-0.25, -0.2) is 9.48 Å². The Bertz CT molecular complexity index is 925. The van der Waals surface area contributed by atoms with Crippen molar-refractivity contribution in [3.05, 3.63) is 26.4 Å². The van der Waals surface area contributed by atoms with Gasteiger partial charge < -0.3 is 5.73 Å². The number of aromatic nitrogens is 6. The van der Waals surface area contributed by atoms with Gasteiger partial charge in [-0.05, 0) is 30.2 Å². The smallest absolute Gasteiger partial charge is 0.332 e. The second-order valence-corrected chi connectivity index (χ2v) is 7.04. The standard InChI is InChI=1S/C13H17N7O3S/c1-6(24-12-15-16-17-20(12)7-4-5-7)9(21)8-10(14)18(2)13(23)19(3)11(8)22/h6-7H,4-5,14H2,1-3H3. The van der Waals surface area contributed by atoms with Gasteiger partial charge in [-0.15, -0.1) is 5.10 Å². The van der Waals surface area contributed by atoms with Crippen molar-refractivity contribution in [2.75, 3.05) is 5.73 Å². The molecule has 1 aliphatic carbocycles. The third-order valence-corrected chi connectivity index (χ3v) is 5.01. The summed E-state index contributed by atoms with van der Waals surface area (Å²) in [7, 11) is 2.73. The van der Waals surface area contributed by atoms with E-state index in [-0.39, 0.29) is 17.4 Å². The van der Waals surface area contributed by atoms with E-state index in [4.69, 9.17) is 5.73 Å². The molecule has 2 aromatic rings. The number of hydrogen-bond acceptors (Lipinski definition) is 8. The van der Waals surface area contributed by atoms with Gasteiger partial charge in [0.1, 0.15) is 11.4 Å². The zero-order valence-corrected chi connectivity index (χ0v) is 14.3. The van der Waals surface area contributed by atoms with Crippen molar-refractivity contribution < 1.29 is 4.79 Å². The van der Waals surface area contributed by atoms with Gasteiger partial charge in [0.25, 0.3) is 5.56 Å². The molecule has 2 N–H and O–H groups in total. The lowest BCUT2D eigenvalue weighted by Crippen LogP contribution is -2.42. The van der Waals surface area contributed by atoms with Crippen LogP contribution in [0.1, 0.15) is 36.2 Å². The molecule has 1 saturated carbocycles. The number of ketones is 1. The van der Waals surface area contributed by atoms with Crippen molar-refractivity contribution in [2.45, 2.75) is 36.2 Å². The van der Waals surface area contributed by atoms with Gasteiger partial charge >= 0.3 is 5.69 Å². The van der Waals surface area contributed by atoms with Gasteiger partial charge in [-0.3, -0.25) is 18.7 Å². The third-order valence-electron chi connectivity index (χ3n) is 3.96. The predicted octanol–water partition coefficient (Wildman–Crippen LogP) is -0.649. The maximum absolute atomic E-state index is 12.7. The van der Waals surface area contributed by atoms with E-state index in [1.54, 1.807) is 11.6 Å². The molecule has 0 saturated heterocycles. The molecule has 2 heterocycles. The van der Waals surface area contributed by atoms with Crippen molar-refractivity contribution in [3.8, 4) is 0 Å². The highest BCUT2D eigenvalue weighted by atomic mass is 32.2. The van der Waals surface area contributed by atoms with Crippen LogP contribution in [0.15, 0.2) is 14.7 Å². The fourth-order valence-corrected chi connectivity index (χ4v) is 3.24. The van der Waals surface area contributed by atoms with Crippen LogP contribution in [0.2, 0.25) is 0 Å². The van der Waals surface area contributed by atoms with Crippen LogP contribution < -0.4 is 17.0 Å². The molecular weight excluding hydrogens is 334 g/mol. The topological polar surface area (TPSA) is 131 Å². The van der Waals surface area contributed by atoms with Crippen LogP contribution in [0.4, 0.5) is 5.82 Å². The summed E-state index contributed by atoms with van der Waals surface area (Å²) < 4.78 is 3.65. The Morgan fingerprint density at radius 3 is 2.58 bits per heavy atom. The van der Waals surface area contributed by atoms with E-state index in [0.717, 1.165) is 22.0 Å². The zero-order chi connectivity index (χ0) is 17.6. The van der Waals surface area contributed by atoms with Gasteiger partial charge in [0.05, 0.1) is 11.3 Å². The molecule has 11 heteroatoms. The molecule has 10 nitrogen and oxygen atoms in total. The number of tetrazole rings is 1. The molecule has 0 aliphatic heterocycles. The fraction of sp³-hybridized carbons (Fsp3) is 0.538. The number of carbonyl (C=O) groups excluding carboxylic acids is 1. The van der Waals surface area contributed by atoms with E-state index in [1.807, 2.05) is 0 Å². The van der Waals surface area contributed by atoms with Crippen LogP contribution in [0.25, 0.3) is 0 Å². The van der Waals surface area contributed by atoms with Gasteiger partial charge in [0, 0.05) is 14.1 Å². The van der Waals surface area contributed by atoms with Crippen LogP contribution in [0.3, 0.4) is 0 Å². The van der Waals surface area contributed by atoms with Crippen LogP contribution in [0, 0.1) is 0 Å². The number of thioether (sulfide) groups is 1. The summed E-state index contributed by atoms with van der Waals surface area (Å²) in [4.78, 5) is 36.8. The normalized spacial score (nSPS) is 15.5. The third kappa shape index (κ3) is 2.64. The lowest BCUT2D eigenvalue weighted by Gasteiger charge is -2.14. The molecule has 128 valence electrons. The Morgan fingerprint density at radius 1 is 1.29 bits per heavy atom. The highest BCUT2D eigenvalue weighted by Crippen LogP contribution is 2.37. The average Bonchev–Trinajstić information content (AvgIpc) is 3.30. The molecule has 0 aromatic carbocycles. The minimum absolute atomic E-state index is 0.137. The highest BCUT2D eigenvalue weighted by Gasteiger charge is 2.31. The Balaban J connectivity index is 1.93. The molecule has 1 atom stereocenters. The average molecular weight is 351 g/mol. The Kier molecular flexibility index (Phi) is 4.03. The summed E-state index contributed by atoms with van der Waals surface area (Å²) in [6, 6.07) is 0.278. The molecule has 0 bridgehead atoms. The van der Waals surface area contributed by atoms with Gasteiger partial charge in [0.15, 0.2) is 5.78 Å². The number of nitrogens with two attached hydrogens (primary N) is 1. The van der Waals surface area contributed by atoms with Crippen molar-refractivity contribution in [1.82, 2.24) is 29.3 Å². The number of Topliss-reactive ketones (excluding diaryl/α,β-unsaturated/α-hetero) is 1. The Hall–Kier alpha value is -2.43. The predicted molar refractivity (Wildman–Crippen MR) is 87.1 cm³/mol. The maximum atomic E-state index is 12.7. The lowest BCUT2D eigenvalue weighted by atomic mass is 10.1. The van der Waals surface area contributed by atoms with Crippen molar-refractivity contribution in [2.24, 2.45) is 14.1 Å². The first-order valence-corrected chi connectivity index (χ1v) is 8.25. The van der Waals surface area contributed by atoms with E-state index >= 15 is 0 Å². The molecule has 2 aromatic heterocycles. The Labute approximate surface area is 140 Å². The summed E-state index contributed by atoms with van der Waals surface area (Å²) in [5, 5.41) is 11.4. The summed E-state index contributed by atoms with van der Waals surface area (Å²) >= 11 is 1.17. The molecule has 0 radical (unpaired) electrons. The molecular formula is C13H17N7O3S. The first-order valence-electron chi connectivity index (χ1n) is 7.37. The monoisotopic (exact) mass is 351 g/mol. The van der Waals surface area contributed by atoms with Crippen LogP contribution >= 0.6 is 11.8 Å². The first-order chi connectivity index (χ1) is 11.3. The first kappa shape index (κ1) is 16.4. The van der Waals surface area contributed by atoms with E-state index < -0.39 is 22.3 Å². The summed E-state index contributed by atoms with van der Waals surface area (Å²) in [6.07, 6.45) is 2.02. The SMILES string of the molecule is CC(Sc1nnnn1C1CC1)C(=O)c1c(N)n(C)c(=O)n(C)c1=O. The largest absolute Gasteiger partial charge is 0.384 e. The maximum Gasteiger partial charge on any atom is 0.332 e. The molecule has 0 spiro atoms. The van der Waals surface area contributed by atoms with Crippen LogP contribution in [0.5, 0.6) is 0 Å². The number of nitrogens with zero attached hydrogens (tertiary/aromatic N) is 6. The van der Waals surface area contributed by atoms with Crippen molar-refractivity contribution >= 4 is 23.4 Å². The molecule has 0 amide bonds. The Morgan fingerprint density at radius 2 is 1.96 bits per heavy atom. The zero-order valence-electron chi connectivity index (χ0n) is 13.5. The van der Waals surface area contributed by atoms with E-state index in [2.05, 4.69) is 15.5 Å². The number of carbonyl (C=O) groups is 1. The minimum atomic E-state index is -0.699. The number of hydrogen-bond donors (Lipinski definition) is 1. The van der Waals surface area contributed by atoms with Crippen LogP contribution in [-0.4, -0.2) is 40.4 Å². The van der Waals surface area contributed by atoms with Gasteiger partial charge in [0.2, 0.25) is 5.16 Å². The summed E-state index contributed by atoms with van der Waals surface area (Å²) in [5.74, 6) is -0.596. The fourth-order valence-electron chi connectivity index (χ4n) is 2.32. The molecule has 1 fully saturated rings. The van der Waals surface area contributed by atoms with E-state index in [0.29, 0.717) is 5.16 Å². The summed E-state index contributed by atoms with van der Waals surface area (Å²) in [5.41, 5.74) is 4.36. The number of nitrogen functional groups attached to an aromatic ring is 1. The molecule has 1 unspecified atom stereocenters. The van der Waals surface area contributed by atoms with E-state index in [1.165, 1.54) is 25.9 Å². The lowest BCUT2D eigenvalue weighted by molar-refractivity contribution is 0.0992. The minimum Gasteiger partial charge on any atom is -0.384 e. The number of rotatable bonds is 5. The van der Waals surface area contributed by atoms with Crippen LogP contribution in [-0.2, 0) is 14.1 Å². The number of anilines is 1. The summed E-state index contributed by atoms with van der Waals surface area (Å²) in [6.45, 7) is 1.66. The highest BCUT2D eigenvalue weighted by molar-refractivity contribution is 8.00. The molecule has 24 heavy (non-hydrogen) atoms. The quantitative estimate of drug-likeness (QED) is 0.555.